The van der Waals surface area contributed by atoms with Crippen LogP contribution >= 0.6 is 0 Å². The molecular weight excluding hydrogens is 658 g/mol. The Morgan fingerprint density at radius 2 is 0.837 bits per heavy atom. The van der Waals surface area contributed by atoms with Crippen LogP contribution in [-0.4, -0.2) is 46.1 Å². The molecule has 0 amide bonds. The van der Waals surface area contributed by atoms with E-state index in [2.05, 4.69) is 9.97 Å². The number of H-pyrrole nitrogens is 2. The van der Waals surface area contributed by atoms with Gasteiger partial charge in [0.05, 0.1) is 11.1 Å². The summed E-state index contributed by atoms with van der Waals surface area (Å²) in [6.07, 6.45) is 1.86. The fourth-order valence-corrected chi connectivity index (χ4v) is 6.46. The molecule has 3 aromatic heterocycles. The summed E-state index contributed by atoms with van der Waals surface area (Å²) in [7, 11) is 0. The third-order valence-electron chi connectivity index (χ3n) is 8.71. The van der Waals surface area contributed by atoms with Crippen molar-refractivity contribution in [3.05, 3.63) is 127 Å². The Morgan fingerprint density at radius 1 is 0.408 bits per heavy atom. The van der Waals surface area contributed by atoms with Crippen LogP contribution in [0.15, 0.2) is 126 Å². The van der Waals surface area contributed by atoms with Gasteiger partial charge in [0.25, 0.3) is 0 Å². The number of benzene rings is 5. The molecule has 0 spiro atoms. The number of fused-ring (bicyclic) bond motifs is 20. The normalized spacial score (nSPS) is 11.8. The van der Waals surface area contributed by atoms with Crippen molar-refractivity contribution in [1.29, 1.82) is 0 Å². The molecule has 0 aliphatic carbocycles. The summed E-state index contributed by atoms with van der Waals surface area (Å²) < 4.78 is 0. The Labute approximate surface area is 289 Å². The molecule has 5 heterocycles. The van der Waals surface area contributed by atoms with E-state index in [0.717, 1.165) is 55.0 Å². The van der Waals surface area contributed by atoms with E-state index in [-0.39, 0.29) is 17.1 Å². The van der Waals surface area contributed by atoms with Crippen LogP contribution in [0.1, 0.15) is 5.56 Å². The SMILES string of the molecule is C(=Nc1cccc2c3nc4nc(nc5[nH]c(nc6nc(nc([nH]3)c12)-c1ccccc1-6)c1ccccc51)-c1ccccc1-4)c1ccccc1.[Cu]. The van der Waals surface area contributed by atoms with Crippen molar-refractivity contribution in [1.82, 2.24) is 39.9 Å². The minimum atomic E-state index is 0. The third-order valence-corrected chi connectivity index (χ3v) is 8.71. The van der Waals surface area contributed by atoms with Crippen molar-refractivity contribution in [3.63, 3.8) is 0 Å². The summed E-state index contributed by atoms with van der Waals surface area (Å²) in [6, 6.07) is 40.1. The summed E-state index contributed by atoms with van der Waals surface area (Å²) in [5.74, 6) is 2.25. The summed E-state index contributed by atoms with van der Waals surface area (Å²) in [6.45, 7) is 0. The Bertz CT molecular complexity index is 2800. The van der Waals surface area contributed by atoms with Crippen LogP contribution in [0.3, 0.4) is 0 Å². The second kappa shape index (κ2) is 11.4. The van der Waals surface area contributed by atoms with Crippen molar-refractivity contribution in [2.75, 3.05) is 0 Å². The van der Waals surface area contributed by atoms with Crippen LogP contribution in [-0.2, 0) is 17.1 Å². The minimum Gasteiger partial charge on any atom is -0.324 e. The van der Waals surface area contributed by atoms with Crippen molar-refractivity contribution < 1.29 is 17.1 Å². The van der Waals surface area contributed by atoms with E-state index in [1.54, 1.807) is 0 Å². The zero-order valence-electron chi connectivity index (χ0n) is 25.6. The van der Waals surface area contributed by atoms with Crippen LogP contribution in [0, 0.1) is 0 Å². The van der Waals surface area contributed by atoms with Crippen molar-refractivity contribution in [3.8, 4) is 45.6 Å². The molecular formula is C39H23CuN9. The standard InChI is InChI=1S/C39H23N9.Cu/c1-2-11-22(12-3-1)21-40-30-20-10-19-29-31(30)39-47-37-28-18-9-8-17-27(28)35(45-37)43-33-24-14-5-4-13-23(24)32(41-33)42-34-25-15-6-7-16-26(25)36(44-34)46-38(29)48-39;/h1-21H,(H2,41,42,43,44,45,46,47,48);. The van der Waals surface area contributed by atoms with Crippen LogP contribution in [0.4, 0.5) is 5.69 Å². The molecule has 5 aromatic carbocycles. The zero-order chi connectivity index (χ0) is 31.6. The van der Waals surface area contributed by atoms with Gasteiger partial charge in [0, 0.05) is 61.7 Å². The summed E-state index contributed by atoms with van der Waals surface area (Å²) in [4.78, 5) is 42.3. The number of nitrogens with zero attached hydrogens (tertiary/aromatic N) is 7. The number of hydrogen-bond acceptors (Lipinski definition) is 7. The van der Waals surface area contributed by atoms with E-state index < -0.39 is 0 Å². The van der Waals surface area contributed by atoms with Crippen LogP contribution in [0.5, 0.6) is 0 Å². The molecule has 2 aliphatic rings. The first-order valence-corrected chi connectivity index (χ1v) is 15.6. The summed E-state index contributed by atoms with van der Waals surface area (Å²) >= 11 is 0. The Hall–Kier alpha value is -6.35. The molecule has 235 valence electrons. The molecule has 0 saturated heterocycles. The molecule has 0 unspecified atom stereocenters. The van der Waals surface area contributed by atoms with Gasteiger partial charge in [-0.05, 0) is 11.6 Å². The van der Waals surface area contributed by atoms with E-state index in [1.165, 1.54) is 0 Å². The van der Waals surface area contributed by atoms with Crippen molar-refractivity contribution >= 4 is 56.0 Å². The molecule has 8 aromatic rings. The monoisotopic (exact) mass is 680 g/mol. The van der Waals surface area contributed by atoms with Crippen LogP contribution in [0.25, 0.3) is 89.7 Å². The number of aromatic amines is 2. The van der Waals surface area contributed by atoms with Gasteiger partial charge in [-0.3, -0.25) is 4.99 Å². The molecule has 2 aliphatic heterocycles. The Kier molecular flexibility index (Phi) is 6.72. The molecule has 9 nitrogen and oxygen atoms in total. The zero-order valence-corrected chi connectivity index (χ0v) is 26.5. The van der Waals surface area contributed by atoms with Gasteiger partial charge in [-0.1, -0.05) is 115 Å². The topological polar surface area (TPSA) is 121 Å². The Morgan fingerprint density at radius 3 is 1.39 bits per heavy atom. The fourth-order valence-electron chi connectivity index (χ4n) is 6.46. The molecule has 2 N–H and O–H groups in total. The first-order valence-electron chi connectivity index (χ1n) is 15.6. The van der Waals surface area contributed by atoms with E-state index in [0.29, 0.717) is 45.9 Å². The molecule has 1 radical (unpaired) electrons. The summed E-state index contributed by atoms with van der Waals surface area (Å²) in [5.41, 5.74) is 7.89. The third kappa shape index (κ3) is 4.73. The number of aromatic nitrogens is 8. The number of hydrogen-bond donors (Lipinski definition) is 2. The van der Waals surface area contributed by atoms with E-state index >= 15 is 0 Å². The maximum absolute atomic E-state index is 5.16. The first kappa shape index (κ1) is 28.8. The molecule has 8 bridgehead atoms. The average molecular weight is 681 g/mol. The molecule has 10 rings (SSSR count). The predicted octanol–water partition coefficient (Wildman–Crippen LogP) is 8.62. The van der Waals surface area contributed by atoms with Crippen molar-refractivity contribution in [2.24, 2.45) is 4.99 Å². The molecule has 10 heteroatoms. The summed E-state index contributed by atoms with van der Waals surface area (Å²) in [5, 5.41) is 3.58. The predicted molar refractivity (Wildman–Crippen MR) is 190 cm³/mol. The second-order valence-corrected chi connectivity index (χ2v) is 11.6. The van der Waals surface area contributed by atoms with Gasteiger partial charge in [0.2, 0.25) is 0 Å². The molecule has 49 heavy (non-hydrogen) atoms. The minimum absolute atomic E-state index is 0. The van der Waals surface area contributed by atoms with E-state index in [1.807, 2.05) is 128 Å². The molecule has 0 atom stereocenters. The molecule has 0 fully saturated rings. The number of nitrogens with one attached hydrogen (secondary N) is 2. The smallest absolute Gasteiger partial charge is 0.164 e. The van der Waals surface area contributed by atoms with Gasteiger partial charge in [-0.15, -0.1) is 0 Å². The van der Waals surface area contributed by atoms with E-state index in [9.17, 15) is 0 Å². The number of rotatable bonds is 2. The largest absolute Gasteiger partial charge is 0.324 e. The van der Waals surface area contributed by atoms with Crippen LogP contribution in [0.2, 0.25) is 0 Å². The number of aliphatic imine (C=N–C) groups is 1. The van der Waals surface area contributed by atoms with Gasteiger partial charge < -0.3 is 9.97 Å². The second-order valence-electron chi connectivity index (χ2n) is 11.6. The average Bonchev–Trinajstić information content (AvgIpc) is 3.87. The Balaban J connectivity index is 0.00000325. The van der Waals surface area contributed by atoms with Gasteiger partial charge in [-0.2, -0.15) is 0 Å². The van der Waals surface area contributed by atoms with Gasteiger partial charge in [0.15, 0.2) is 23.3 Å². The quantitative estimate of drug-likeness (QED) is 0.139. The van der Waals surface area contributed by atoms with Gasteiger partial charge >= 0.3 is 0 Å². The molecule has 0 saturated carbocycles. The first-order chi connectivity index (χ1) is 23.8. The van der Waals surface area contributed by atoms with Crippen LogP contribution < -0.4 is 0 Å². The van der Waals surface area contributed by atoms with E-state index in [4.69, 9.17) is 34.9 Å². The van der Waals surface area contributed by atoms with Crippen molar-refractivity contribution in [2.45, 2.75) is 0 Å². The van der Waals surface area contributed by atoms with Gasteiger partial charge in [-0.25, -0.2) is 29.9 Å². The maximum Gasteiger partial charge on any atom is 0.164 e. The maximum atomic E-state index is 5.16. The fraction of sp³-hybridized carbons (Fsp3) is 0. The van der Waals surface area contributed by atoms with Gasteiger partial charge in [0.1, 0.15) is 22.6 Å².